The van der Waals surface area contributed by atoms with Crippen LogP contribution in [-0.2, 0) is 19.1 Å². The van der Waals surface area contributed by atoms with Crippen molar-refractivity contribution in [2.45, 2.75) is 32.8 Å². The van der Waals surface area contributed by atoms with Crippen LogP contribution in [-0.4, -0.2) is 24.1 Å². The quantitative estimate of drug-likeness (QED) is 0.628. The molecule has 0 saturated carbocycles. The number of hydrogen-bond donors (Lipinski definition) is 0. The third-order valence-electron chi connectivity index (χ3n) is 0.994. The first-order valence-corrected chi connectivity index (χ1v) is 4.09. The van der Waals surface area contributed by atoms with Gasteiger partial charge < -0.3 is 9.47 Å². The van der Waals surface area contributed by atoms with Gasteiger partial charge in [-0.3, -0.25) is 4.79 Å². The Kier molecular flexibility index (Phi) is 4.64. The molecule has 0 saturated heterocycles. The number of nitrogens with zero attached hydrogens (tertiary/aromatic N) is 1. The van der Waals surface area contributed by atoms with Gasteiger partial charge >= 0.3 is 11.9 Å². The molecule has 0 spiro atoms. The number of hydrogen-bond acceptors (Lipinski definition) is 5. The molecule has 0 fully saturated rings. The fourth-order valence-corrected chi connectivity index (χ4v) is 0.626. The van der Waals surface area contributed by atoms with E-state index in [2.05, 4.69) is 4.74 Å². The average molecular weight is 199 g/mol. The third-order valence-corrected chi connectivity index (χ3v) is 0.994. The third kappa shape index (κ3) is 7.10. The van der Waals surface area contributed by atoms with Gasteiger partial charge in [-0.25, -0.2) is 4.79 Å². The Hall–Kier alpha value is -1.57. The molecule has 0 N–H and O–H groups in total. The van der Waals surface area contributed by atoms with Crippen molar-refractivity contribution in [3.63, 3.8) is 0 Å². The number of carbonyl (C=O) groups excluding carboxylic acids is 2. The standard InChI is InChI=1S/C9H13NO4/c1-9(2,3)14-8(12)6-13-7(11)4-5-10/h4,6H2,1-3H3. The van der Waals surface area contributed by atoms with E-state index in [0.717, 1.165) is 0 Å². The van der Waals surface area contributed by atoms with Crippen LogP contribution in [0.4, 0.5) is 0 Å². The van der Waals surface area contributed by atoms with Crippen LogP contribution >= 0.6 is 0 Å². The number of ether oxygens (including phenoxy) is 2. The molecule has 5 nitrogen and oxygen atoms in total. The second-order valence-corrected chi connectivity index (χ2v) is 3.58. The van der Waals surface area contributed by atoms with Gasteiger partial charge in [-0.15, -0.1) is 0 Å². The number of rotatable bonds is 3. The Balaban J connectivity index is 3.76. The van der Waals surface area contributed by atoms with E-state index >= 15 is 0 Å². The Bertz CT molecular complexity index is 259. The van der Waals surface area contributed by atoms with Crippen molar-refractivity contribution >= 4 is 11.9 Å². The van der Waals surface area contributed by atoms with Crippen LogP contribution in [0.5, 0.6) is 0 Å². The highest BCUT2D eigenvalue weighted by Crippen LogP contribution is 2.06. The van der Waals surface area contributed by atoms with Gasteiger partial charge in [0, 0.05) is 0 Å². The molecule has 0 aliphatic rings. The van der Waals surface area contributed by atoms with Crippen molar-refractivity contribution in [2.24, 2.45) is 0 Å². The molecule has 0 aliphatic carbocycles. The SMILES string of the molecule is CC(C)(C)OC(=O)COC(=O)CC#N. The summed E-state index contributed by atoms with van der Waals surface area (Å²) < 4.78 is 9.32. The summed E-state index contributed by atoms with van der Waals surface area (Å²) in [6, 6.07) is 1.61. The van der Waals surface area contributed by atoms with Gasteiger partial charge in [0.1, 0.15) is 12.0 Å². The Morgan fingerprint density at radius 1 is 1.29 bits per heavy atom. The summed E-state index contributed by atoms with van der Waals surface area (Å²) in [5.74, 6) is -1.35. The topological polar surface area (TPSA) is 76.4 Å². The Morgan fingerprint density at radius 3 is 2.29 bits per heavy atom. The van der Waals surface area contributed by atoms with Crippen LogP contribution in [0.25, 0.3) is 0 Å². The van der Waals surface area contributed by atoms with E-state index in [0.29, 0.717) is 0 Å². The first kappa shape index (κ1) is 12.4. The van der Waals surface area contributed by atoms with Gasteiger partial charge in [0.25, 0.3) is 0 Å². The summed E-state index contributed by atoms with van der Waals surface area (Å²) in [5, 5.41) is 8.12. The predicted octanol–water partition coefficient (Wildman–Crippen LogP) is 0.785. The maximum absolute atomic E-state index is 11.0. The smallest absolute Gasteiger partial charge is 0.344 e. The highest BCUT2D eigenvalue weighted by molar-refractivity contribution is 5.77. The Morgan fingerprint density at radius 2 is 1.86 bits per heavy atom. The molecule has 0 rings (SSSR count). The van der Waals surface area contributed by atoms with Crippen LogP contribution < -0.4 is 0 Å². The molecule has 0 unspecified atom stereocenters. The largest absolute Gasteiger partial charge is 0.457 e. The van der Waals surface area contributed by atoms with Crippen molar-refractivity contribution < 1.29 is 19.1 Å². The maximum Gasteiger partial charge on any atom is 0.344 e. The van der Waals surface area contributed by atoms with Gasteiger partial charge in [-0.1, -0.05) is 0 Å². The van der Waals surface area contributed by atoms with Gasteiger partial charge in [0.2, 0.25) is 0 Å². The lowest BCUT2D eigenvalue weighted by Gasteiger charge is -2.19. The van der Waals surface area contributed by atoms with Crippen LogP contribution in [0.1, 0.15) is 27.2 Å². The van der Waals surface area contributed by atoms with E-state index in [9.17, 15) is 9.59 Å². The molecule has 14 heavy (non-hydrogen) atoms. The van der Waals surface area contributed by atoms with Crippen LogP contribution in [0.2, 0.25) is 0 Å². The molecular weight excluding hydrogens is 186 g/mol. The molecule has 0 aromatic carbocycles. The normalized spacial score (nSPS) is 10.1. The number of carbonyl (C=O) groups is 2. The van der Waals surface area contributed by atoms with Crippen LogP contribution in [0.3, 0.4) is 0 Å². The second-order valence-electron chi connectivity index (χ2n) is 3.58. The molecule has 0 aromatic rings. The van der Waals surface area contributed by atoms with E-state index in [4.69, 9.17) is 10.00 Å². The van der Waals surface area contributed by atoms with Crippen molar-refractivity contribution in [3.8, 4) is 6.07 Å². The zero-order valence-corrected chi connectivity index (χ0v) is 8.49. The average Bonchev–Trinajstić information content (AvgIpc) is 1.98. The zero-order valence-electron chi connectivity index (χ0n) is 8.49. The van der Waals surface area contributed by atoms with Gasteiger partial charge in [0.05, 0.1) is 6.07 Å². The van der Waals surface area contributed by atoms with Crippen molar-refractivity contribution in [2.75, 3.05) is 6.61 Å². The minimum atomic E-state index is -0.724. The summed E-state index contributed by atoms with van der Waals surface area (Å²) >= 11 is 0. The molecule has 0 radical (unpaired) electrons. The minimum absolute atomic E-state index is 0.358. The number of esters is 2. The molecular formula is C9H13NO4. The summed E-state index contributed by atoms with van der Waals surface area (Å²) in [6.07, 6.45) is -0.358. The van der Waals surface area contributed by atoms with E-state index in [1.165, 1.54) is 0 Å². The monoisotopic (exact) mass is 199 g/mol. The highest BCUT2D eigenvalue weighted by Gasteiger charge is 2.17. The van der Waals surface area contributed by atoms with Gasteiger partial charge in [0.15, 0.2) is 6.61 Å². The summed E-state index contributed by atoms with van der Waals surface area (Å²) in [5.41, 5.74) is -0.598. The molecule has 5 heteroatoms. The molecule has 0 amide bonds. The lowest BCUT2D eigenvalue weighted by molar-refractivity contribution is -0.166. The van der Waals surface area contributed by atoms with Gasteiger partial charge in [-0.2, -0.15) is 5.26 Å². The first-order valence-electron chi connectivity index (χ1n) is 4.09. The Labute approximate surface area is 82.6 Å². The summed E-state index contributed by atoms with van der Waals surface area (Å²) in [4.78, 5) is 21.6. The second kappa shape index (κ2) is 5.22. The summed E-state index contributed by atoms with van der Waals surface area (Å²) in [6.45, 7) is 4.68. The van der Waals surface area contributed by atoms with Crippen LogP contribution in [0, 0.1) is 11.3 Å². The lowest BCUT2D eigenvalue weighted by Crippen LogP contribution is -2.27. The molecule has 0 aromatic heterocycles. The summed E-state index contributed by atoms with van der Waals surface area (Å²) in [7, 11) is 0. The van der Waals surface area contributed by atoms with E-state index in [-0.39, 0.29) is 6.42 Å². The molecule has 0 aliphatic heterocycles. The lowest BCUT2D eigenvalue weighted by atomic mass is 10.2. The van der Waals surface area contributed by atoms with Crippen molar-refractivity contribution in [1.29, 1.82) is 5.26 Å². The fraction of sp³-hybridized carbons (Fsp3) is 0.667. The van der Waals surface area contributed by atoms with Gasteiger partial charge in [-0.05, 0) is 20.8 Å². The van der Waals surface area contributed by atoms with Crippen molar-refractivity contribution in [1.82, 2.24) is 0 Å². The highest BCUT2D eigenvalue weighted by atomic mass is 16.6. The van der Waals surface area contributed by atoms with E-state index in [1.807, 2.05) is 0 Å². The molecule has 0 heterocycles. The minimum Gasteiger partial charge on any atom is -0.457 e. The molecule has 0 bridgehead atoms. The maximum atomic E-state index is 11.0. The molecule has 0 atom stereocenters. The van der Waals surface area contributed by atoms with E-state index in [1.54, 1.807) is 26.8 Å². The van der Waals surface area contributed by atoms with Crippen LogP contribution in [0.15, 0.2) is 0 Å². The predicted molar refractivity (Wildman–Crippen MR) is 47.0 cm³/mol. The number of nitriles is 1. The van der Waals surface area contributed by atoms with E-state index < -0.39 is 24.1 Å². The fourth-order valence-electron chi connectivity index (χ4n) is 0.626. The first-order chi connectivity index (χ1) is 6.35. The molecule has 78 valence electrons. The zero-order chi connectivity index (χ0) is 11.2. The van der Waals surface area contributed by atoms with Crippen molar-refractivity contribution in [3.05, 3.63) is 0 Å².